The van der Waals surface area contributed by atoms with E-state index in [1.54, 1.807) is 25.3 Å². The van der Waals surface area contributed by atoms with Gasteiger partial charge in [-0.2, -0.15) is 0 Å². The predicted octanol–water partition coefficient (Wildman–Crippen LogP) is 5.88. The number of carbonyl (C=O) groups excluding carboxylic acids is 2. The Morgan fingerprint density at radius 3 is 2.59 bits per heavy atom. The molecule has 0 saturated carbocycles. The Bertz CT molecular complexity index is 1370. The summed E-state index contributed by atoms with van der Waals surface area (Å²) in [5.41, 5.74) is 3.94. The number of fused-ring (bicyclic) bond motifs is 3. The summed E-state index contributed by atoms with van der Waals surface area (Å²) in [4.78, 5) is 27.6. The molecule has 32 heavy (non-hydrogen) atoms. The van der Waals surface area contributed by atoms with E-state index in [9.17, 15) is 14.0 Å². The van der Waals surface area contributed by atoms with Crippen LogP contribution in [0.15, 0.2) is 70.8 Å². The predicted molar refractivity (Wildman–Crippen MR) is 124 cm³/mol. The number of carbonyl (C=O) groups is 2. The SMILES string of the molecule is C/C=C\C(C=O)=C/C(C)c1cc2c(C(=O)NC)c(-c3ccc(F)cc3)oc2c2cc[nH]c12. The Morgan fingerprint density at radius 1 is 1.19 bits per heavy atom. The highest BCUT2D eigenvalue weighted by molar-refractivity contribution is 6.17. The van der Waals surface area contributed by atoms with Crippen molar-refractivity contribution in [2.24, 2.45) is 0 Å². The number of aldehydes is 1. The molecule has 0 aliphatic carbocycles. The van der Waals surface area contributed by atoms with Crippen molar-refractivity contribution in [3.8, 4) is 11.3 Å². The van der Waals surface area contributed by atoms with Gasteiger partial charge in [0.2, 0.25) is 0 Å². The molecular weight excluding hydrogens is 407 g/mol. The molecule has 1 atom stereocenters. The van der Waals surface area contributed by atoms with Gasteiger partial charge in [0.15, 0.2) is 0 Å². The monoisotopic (exact) mass is 430 g/mol. The molecule has 4 aromatic rings. The first kappa shape index (κ1) is 21.3. The number of furan rings is 1. The summed E-state index contributed by atoms with van der Waals surface area (Å²) in [6, 6.07) is 9.68. The van der Waals surface area contributed by atoms with Gasteiger partial charge in [-0.1, -0.05) is 25.2 Å². The summed E-state index contributed by atoms with van der Waals surface area (Å²) in [5, 5.41) is 4.17. The third-order valence-corrected chi connectivity index (χ3v) is 5.51. The molecule has 162 valence electrons. The van der Waals surface area contributed by atoms with Crippen LogP contribution in [0.2, 0.25) is 0 Å². The Hall–Kier alpha value is -3.93. The van der Waals surface area contributed by atoms with Crippen molar-refractivity contribution in [3.63, 3.8) is 0 Å². The van der Waals surface area contributed by atoms with Crippen LogP contribution >= 0.6 is 0 Å². The van der Waals surface area contributed by atoms with Crippen molar-refractivity contribution in [1.82, 2.24) is 10.3 Å². The van der Waals surface area contributed by atoms with Crippen LogP contribution < -0.4 is 5.32 Å². The molecule has 0 bridgehead atoms. The highest BCUT2D eigenvalue weighted by atomic mass is 19.1. The normalized spacial score (nSPS) is 13.2. The van der Waals surface area contributed by atoms with Crippen LogP contribution in [0.3, 0.4) is 0 Å². The molecule has 1 unspecified atom stereocenters. The van der Waals surface area contributed by atoms with E-state index in [1.165, 1.54) is 12.1 Å². The van der Waals surface area contributed by atoms with Crippen molar-refractivity contribution in [2.75, 3.05) is 7.05 Å². The topological polar surface area (TPSA) is 75.1 Å². The maximum absolute atomic E-state index is 13.5. The summed E-state index contributed by atoms with van der Waals surface area (Å²) in [7, 11) is 1.56. The zero-order valence-corrected chi connectivity index (χ0v) is 18.0. The van der Waals surface area contributed by atoms with Crippen LogP contribution in [0.4, 0.5) is 4.39 Å². The van der Waals surface area contributed by atoms with Crippen LogP contribution in [0.25, 0.3) is 33.2 Å². The van der Waals surface area contributed by atoms with Crippen LogP contribution in [0.5, 0.6) is 0 Å². The molecule has 5 nitrogen and oxygen atoms in total. The van der Waals surface area contributed by atoms with E-state index < -0.39 is 0 Å². The van der Waals surface area contributed by atoms with E-state index in [2.05, 4.69) is 10.3 Å². The number of H-pyrrole nitrogens is 1. The number of halogens is 1. The number of aromatic nitrogens is 1. The van der Waals surface area contributed by atoms with Gasteiger partial charge in [-0.25, -0.2) is 4.39 Å². The van der Waals surface area contributed by atoms with E-state index in [4.69, 9.17) is 4.42 Å². The van der Waals surface area contributed by atoms with Crippen molar-refractivity contribution in [1.29, 1.82) is 0 Å². The van der Waals surface area contributed by atoms with E-state index in [1.807, 2.05) is 44.3 Å². The van der Waals surface area contributed by atoms with Crippen molar-refractivity contribution in [3.05, 3.63) is 83.3 Å². The van der Waals surface area contributed by atoms with Crippen LogP contribution in [-0.2, 0) is 4.79 Å². The van der Waals surface area contributed by atoms with E-state index in [-0.39, 0.29) is 17.6 Å². The molecule has 0 aliphatic rings. The maximum Gasteiger partial charge on any atom is 0.255 e. The fourth-order valence-corrected chi connectivity index (χ4v) is 4.03. The highest BCUT2D eigenvalue weighted by Gasteiger charge is 2.25. The van der Waals surface area contributed by atoms with E-state index >= 15 is 0 Å². The highest BCUT2D eigenvalue weighted by Crippen LogP contribution is 2.40. The lowest BCUT2D eigenvalue weighted by Gasteiger charge is -2.11. The number of nitrogens with one attached hydrogen (secondary N) is 2. The standard InChI is InChI=1S/C26H23FN2O3/c1-4-5-16(14-30)12-15(2)20-13-21-22(26(31)28-3)24(17-6-8-18(27)9-7-17)32-25(21)19-10-11-29-23(19)20/h4-15,29H,1-3H3,(H,28,31)/b5-4-,16-12+. The molecule has 0 radical (unpaired) electrons. The first-order valence-electron chi connectivity index (χ1n) is 10.3. The quantitative estimate of drug-likeness (QED) is 0.228. The number of aromatic amines is 1. The lowest BCUT2D eigenvalue weighted by atomic mass is 9.93. The molecule has 0 aliphatic heterocycles. The Balaban J connectivity index is 2.02. The average Bonchev–Trinajstić information content (AvgIpc) is 3.43. The number of hydrogen-bond donors (Lipinski definition) is 2. The summed E-state index contributed by atoms with van der Waals surface area (Å²) in [6.07, 6.45) is 8.09. The molecule has 0 spiro atoms. The maximum atomic E-state index is 13.5. The molecule has 4 rings (SSSR count). The van der Waals surface area contributed by atoms with Crippen molar-refractivity contribution in [2.45, 2.75) is 19.8 Å². The Labute approximate surface area is 184 Å². The Morgan fingerprint density at radius 2 is 1.94 bits per heavy atom. The van der Waals surface area contributed by atoms with Gasteiger partial charge in [-0.3, -0.25) is 9.59 Å². The van der Waals surface area contributed by atoms with E-state index in [0.29, 0.717) is 33.4 Å². The first-order chi connectivity index (χ1) is 15.5. The number of benzene rings is 2. The average molecular weight is 430 g/mol. The van der Waals surface area contributed by atoms with Crippen LogP contribution in [0, 0.1) is 5.82 Å². The van der Waals surface area contributed by atoms with Gasteiger partial charge in [-0.15, -0.1) is 0 Å². The molecule has 2 N–H and O–H groups in total. The minimum atomic E-state index is -0.366. The molecule has 1 amide bonds. The fourth-order valence-electron chi connectivity index (χ4n) is 4.03. The summed E-state index contributed by atoms with van der Waals surface area (Å²) in [6.45, 7) is 3.85. The second-order valence-electron chi connectivity index (χ2n) is 7.57. The molecule has 2 aromatic heterocycles. The number of rotatable bonds is 6. The molecule has 6 heteroatoms. The largest absolute Gasteiger partial charge is 0.454 e. The van der Waals surface area contributed by atoms with E-state index in [0.717, 1.165) is 22.8 Å². The van der Waals surface area contributed by atoms with Gasteiger partial charge >= 0.3 is 0 Å². The Kier molecular flexibility index (Phi) is 5.77. The molecule has 0 fully saturated rings. The number of hydrogen-bond acceptors (Lipinski definition) is 3. The third-order valence-electron chi connectivity index (χ3n) is 5.51. The molecule has 2 heterocycles. The van der Waals surface area contributed by atoms with Gasteiger partial charge in [-0.05, 0) is 48.9 Å². The minimum Gasteiger partial charge on any atom is -0.454 e. The van der Waals surface area contributed by atoms with Crippen LogP contribution in [-0.4, -0.2) is 24.2 Å². The lowest BCUT2D eigenvalue weighted by molar-refractivity contribution is -0.104. The second kappa shape index (κ2) is 8.67. The summed E-state index contributed by atoms with van der Waals surface area (Å²) >= 11 is 0. The van der Waals surface area contributed by atoms with Gasteiger partial charge in [0.25, 0.3) is 5.91 Å². The van der Waals surface area contributed by atoms with Gasteiger partial charge < -0.3 is 14.7 Å². The number of amides is 1. The molecule has 0 saturated heterocycles. The molecular formula is C26H23FN2O3. The zero-order chi connectivity index (χ0) is 22.8. The van der Waals surface area contributed by atoms with Gasteiger partial charge in [0.05, 0.1) is 11.1 Å². The van der Waals surface area contributed by atoms with Gasteiger partial charge in [0.1, 0.15) is 23.4 Å². The van der Waals surface area contributed by atoms with Crippen molar-refractivity contribution >= 4 is 34.1 Å². The van der Waals surface area contributed by atoms with Crippen molar-refractivity contribution < 1.29 is 18.4 Å². The minimum absolute atomic E-state index is 0.112. The number of allylic oxidation sites excluding steroid dienone is 4. The molecule has 2 aromatic carbocycles. The second-order valence-corrected chi connectivity index (χ2v) is 7.57. The summed E-state index contributed by atoms with van der Waals surface area (Å²) in [5.74, 6) is -0.396. The van der Waals surface area contributed by atoms with Gasteiger partial charge in [0, 0.05) is 41.1 Å². The zero-order valence-electron chi connectivity index (χ0n) is 18.0. The van der Waals surface area contributed by atoms with Crippen LogP contribution in [0.1, 0.15) is 35.7 Å². The smallest absolute Gasteiger partial charge is 0.255 e. The summed E-state index contributed by atoms with van der Waals surface area (Å²) < 4.78 is 19.7. The lowest BCUT2D eigenvalue weighted by Crippen LogP contribution is -2.18. The third kappa shape index (κ3) is 3.64. The fraction of sp³-hybridized carbons (Fsp3) is 0.154. The first-order valence-corrected chi connectivity index (χ1v) is 10.3.